The van der Waals surface area contributed by atoms with Gasteiger partial charge < -0.3 is 14.2 Å². The van der Waals surface area contributed by atoms with Crippen molar-refractivity contribution in [3.05, 3.63) is 29.3 Å². The predicted molar refractivity (Wildman–Crippen MR) is 64.8 cm³/mol. The standard InChI is InChI=1S/C13H18O4/c1-11-9-12(10-14)3-4-13(11)17-8-7-16-6-5-15-2/h3-4,9-10H,5-8H2,1-2H3. The average molecular weight is 238 g/mol. The number of carbonyl (C=O) groups excluding carboxylic acids is 1. The van der Waals surface area contributed by atoms with Crippen LogP contribution in [0.2, 0.25) is 0 Å². The number of ether oxygens (including phenoxy) is 3. The van der Waals surface area contributed by atoms with Crippen molar-refractivity contribution in [1.29, 1.82) is 0 Å². The van der Waals surface area contributed by atoms with E-state index in [1.54, 1.807) is 25.3 Å². The Balaban J connectivity index is 2.29. The lowest BCUT2D eigenvalue weighted by Crippen LogP contribution is -2.10. The number of aryl methyl sites for hydroxylation is 1. The third kappa shape index (κ3) is 4.97. The second kappa shape index (κ2) is 7.81. The monoisotopic (exact) mass is 238 g/mol. The zero-order valence-electron chi connectivity index (χ0n) is 10.3. The minimum atomic E-state index is 0.491. The molecule has 1 aromatic rings. The van der Waals surface area contributed by atoms with Gasteiger partial charge in [-0.3, -0.25) is 4.79 Å². The van der Waals surface area contributed by atoms with Gasteiger partial charge in [-0.15, -0.1) is 0 Å². The Hall–Kier alpha value is -1.39. The van der Waals surface area contributed by atoms with Crippen molar-refractivity contribution < 1.29 is 19.0 Å². The summed E-state index contributed by atoms with van der Waals surface area (Å²) in [5.41, 5.74) is 1.61. The summed E-state index contributed by atoms with van der Waals surface area (Å²) in [5.74, 6) is 0.783. The van der Waals surface area contributed by atoms with Gasteiger partial charge in [0.2, 0.25) is 0 Å². The molecule has 0 saturated heterocycles. The molecule has 4 heteroatoms. The normalized spacial score (nSPS) is 10.2. The summed E-state index contributed by atoms with van der Waals surface area (Å²) < 4.78 is 15.7. The van der Waals surface area contributed by atoms with E-state index in [-0.39, 0.29) is 0 Å². The van der Waals surface area contributed by atoms with Gasteiger partial charge in [0.05, 0.1) is 19.8 Å². The van der Waals surface area contributed by atoms with E-state index in [0.717, 1.165) is 17.6 Å². The molecule has 0 atom stereocenters. The van der Waals surface area contributed by atoms with Gasteiger partial charge in [-0.1, -0.05) is 0 Å². The molecule has 0 aliphatic rings. The molecule has 1 aromatic carbocycles. The largest absolute Gasteiger partial charge is 0.491 e. The molecule has 0 aliphatic heterocycles. The molecule has 0 bridgehead atoms. The topological polar surface area (TPSA) is 44.8 Å². The van der Waals surface area contributed by atoms with E-state index in [0.29, 0.717) is 32.0 Å². The quantitative estimate of drug-likeness (QED) is 0.512. The Morgan fingerprint density at radius 3 is 2.59 bits per heavy atom. The van der Waals surface area contributed by atoms with E-state index in [4.69, 9.17) is 14.2 Å². The van der Waals surface area contributed by atoms with E-state index >= 15 is 0 Å². The van der Waals surface area contributed by atoms with Gasteiger partial charge in [-0.25, -0.2) is 0 Å². The SMILES string of the molecule is COCCOCCOc1ccc(C=O)cc1C. The predicted octanol–water partition coefficient (Wildman–Crippen LogP) is 1.85. The van der Waals surface area contributed by atoms with Gasteiger partial charge in [-0.05, 0) is 30.7 Å². The molecule has 0 saturated carbocycles. The van der Waals surface area contributed by atoms with Crippen molar-refractivity contribution in [2.24, 2.45) is 0 Å². The highest BCUT2D eigenvalue weighted by Gasteiger charge is 2.00. The van der Waals surface area contributed by atoms with Crippen LogP contribution in [0.15, 0.2) is 18.2 Å². The van der Waals surface area contributed by atoms with E-state index in [2.05, 4.69) is 0 Å². The number of hydrogen-bond acceptors (Lipinski definition) is 4. The fourth-order valence-corrected chi connectivity index (χ4v) is 1.36. The molecular weight excluding hydrogens is 220 g/mol. The second-order valence-corrected chi connectivity index (χ2v) is 3.60. The van der Waals surface area contributed by atoms with Crippen molar-refractivity contribution in [2.75, 3.05) is 33.5 Å². The Morgan fingerprint density at radius 2 is 1.94 bits per heavy atom. The molecule has 0 spiro atoms. The molecular formula is C13H18O4. The lowest BCUT2D eigenvalue weighted by Gasteiger charge is -2.09. The molecule has 0 amide bonds. The van der Waals surface area contributed by atoms with Crippen molar-refractivity contribution in [3.8, 4) is 5.75 Å². The maximum absolute atomic E-state index is 10.6. The highest BCUT2D eigenvalue weighted by Crippen LogP contribution is 2.18. The van der Waals surface area contributed by atoms with Gasteiger partial charge >= 0.3 is 0 Å². The number of carbonyl (C=O) groups is 1. The minimum Gasteiger partial charge on any atom is -0.491 e. The summed E-state index contributed by atoms with van der Waals surface area (Å²) in [4.78, 5) is 10.6. The first-order chi connectivity index (χ1) is 8.27. The first-order valence-corrected chi connectivity index (χ1v) is 5.53. The van der Waals surface area contributed by atoms with E-state index in [9.17, 15) is 4.79 Å². The zero-order chi connectivity index (χ0) is 12.5. The van der Waals surface area contributed by atoms with E-state index in [1.165, 1.54) is 0 Å². The molecule has 0 unspecified atom stereocenters. The summed E-state index contributed by atoms with van der Waals surface area (Å²) in [6, 6.07) is 5.34. The Morgan fingerprint density at radius 1 is 1.18 bits per heavy atom. The second-order valence-electron chi connectivity index (χ2n) is 3.60. The van der Waals surface area contributed by atoms with Crippen LogP contribution in [0.4, 0.5) is 0 Å². The highest BCUT2D eigenvalue weighted by atomic mass is 16.5. The Kier molecular flexibility index (Phi) is 6.29. The van der Waals surface area contributed by atoms with Crippen LogP contribution in [-0.2, 0) is 9.47 Å². The smallest absolute Gasteiger partial charge is 0.150 e. The molecule has 0 N–H and O–H groups in total. The maximum Gasteiger partial charge on any atom is 0.150 e. The molecule has 94 valence electrons. The third-order valence-corrected chi connectivity index (χ3v) is 2.25. The lowest BCUT2D eigenvalue weighted by atomic mass is 10.1. The molecule has 0 aliphatic carbocycles. The molecule has 0 radical (unpaired) electrons. The maximum atomic E-state index is 10.6. The van der Waals surface area contributed by atoms with Crippen LogP contribution < -0.4 is 4.74 Å². The zero-order valence-corrected chi connectivity index (χ0v) is 10.3. The van der Waals surface area contributed by atoms with Crippen molar-refractivity contribution in [2.45, 2.75) is 6.92 Å². The van der Waals surface area contributed by atoms with Crippen molar-refractivity contribution in [3.63, 3.8) is 0 Å². The number of benzene rings is 1. The van der Waals surface area contributed by atoms with Crippen LogP contribution in [0.3, 0.4) is 0 Å². The Bertz CT molecular complexity index is 349. The van der Waals surface area contributed by atoms with Crippen LogP contribution in [0.1, 0.15) is 15.9 Å². The van der Waals surface area contributed by atoms with Crippen LogP contribution in [0, 0.1) is 6.92 Å². The molecule has 0 heterocycles. The Labute approximate surface area is 101 Å². The van der Waals surface area contributed by atoms with Gasteiger partial charge in [0.15, 0.2) is 0 Å². The van der Waals surface area contributed by atoms with Gasteiger partial charge in [0, 0.05) is 12.7 Å². The van der Waals surface area contributed by atoms with Crippen molar-refractivity contribution in [1.82, 2.24) is 0 Å². The molecule has 17 heavy (non-hydrogen) atoms. The first-order valence-electron chi connectivity index (χ1n) is 5.53. The van der Waals surface area contributed by atoms with E-state index in [1.807, 2.05) is 6.92 Å². The van der Waals surface area contributed by atoms with Gasteiger partial charge in [0.25, 0.3) is 0 Å². The summed E-state index contributed by atoms with van der Waals surface area (Å²) in [6.07, 6.45) is 0.824. The molecule has 0 aromatic heterocycles. The minimum absolute atomic E-state index is 0.491. The van der Waals surface area contributed by atoms with Gasteiger partial charge in [0.1, 0.15) is 18.6 Å². The summed E-state index contributed by atoms with van der Waals surface area (Å²) in [5, 5.41) is 0. The van der Waals surface area contributed by atoms with Crippen molar-refractivity contribution >= 4 is 6.29 Å². The number of hydrogen-bond donors (Lipinski definition) is 0. The number of aldehydes is 1. The third-order valence-electron chi connectivity index (χ3n) is 2.25. The molecule has 1 rings (SSSR count). The number of methoxy groups -OCH3 is 1. The summed E-state index contributed by atoms with van der Waals surface area (Å²) in [6.45, 7) is 4.09. The van der Waals surface area contributed by atoms with Crippen LogP contribution in [0.25, 0.3) is 0 Å². The lowest BCUT2D eigenvalue weighted by molar-refractivity contribution is 0.0543. The van der Waals surface area contributed by atoms with Crippen LogP contribution in [0.5, 0.6) is 5.75 Å². The fourth-order valence-electron chi connectivity index (χ4n) is 1.36. The fraction of sp³-hybridized carbons (Fsp3) is 0.462. The van der Waals surface area contributed by atoms with Crippen LogP contribution >= 0.6 is 0 Å². The molecule has 0 fully saturated rings. The summed E-state index contributed by atoms with van der Waals surface area (Å²) in [7, 11) is 1.64. The number of rotatable bonds is 8. The summed E-state index contributed by atoms with van der Waals surface area (Å²) >= 11 is 0. The van der Waals surface area contributed by atoms with Gasteiger partial charge in [-0.2, -0.15) is 0 Å². The van der Waals surface area contributed by atoms with Crippen LogP contribution in [-0.4, -0.2) is 39.8 Å². The highest BCUT2D eigenvalue weighted by molar-refractivity contribution is 5.75. The molecule has 4 nitrogen and oxygen atoms in total. The average Bonchev–Trinajstić information content (AvgIpc) is 2.35. The van der Waals surface area contributed by atoms with E-state index < -0.39 is 0 Å². The first kappa shape index (κ1) is 13.7.